The van der Waals surface area contributed by atoms with E-state index >= 15 is 0 Å². The number of hydrogen-bond acceptors (Lipinski definition) is 6. The molecule has 0 aliphatic carbocycles. The topological polar surface area (TPSA) is 69.2 Å². The molecule has 6 nitrogen and oxygen atoms in total. The van der Waals surface area contributed by atoms with Gasteiger partial charge < -0.3 is 29.4 Å². The van der Waals surface area contributed by atoms with E-state index in [1.54, 1.807) is 20.3 Å². The summed E-state index contributed by atoms with van der Waals surface area (Å²) in [4.78, 5) is 0. The zero-order chi connectivity index (χ0) is 20.9. The molecule has 0 amide bonds. The Hall–Kier alpha value is -2.54. The first-order valence-corrected chi connectivity index (χ1v) is 9.66. The maximum atomic E-state index is 10.1. The van der Waals surface area contributed by atoms with E-state index in [-0.39, 0.29) is 6.61 Å². The van der Waals surface area contributed by atoms with Crippen LogP contribution in [-0.2, 0) is 17.8 Å². The van der Waals surface area contributed by atoms with Crippen molar-refractivity contribution < 1.29 is 24.1 Å². The van der Waals surface area contributed by atoms with Crippen LogP contribution in [0.1, 0.15) is 11.1 Å². The molecule has 158 valence electrons. The van der Waals surface area contributed by atoms with Crippen LogP contribution in [0, 0.1) is 0 Å². The van der Waals surface area contributed by atoms with E-state index in [1.165, 1.54) is 0 Å². The zero-order valence-electron chi connectivity index (χ0n) is 17.2. The third-order valence-corrected chi connectivity index (χ3v) is 4.26. The maximum Gasteiger partial charge on any atom is 0.160 e. The molecule has 1 atom stereocenters. The van der Waals surface area contributed by atoms with Crippen molar-refractivity contribution in [2.24, 2.45) is 0 Å². The van der Waals surface area contributed by atoms with E-state index in [1.807, 2.05) is 42.5 Å². The van der Waals surface area contributed by atoms with Gasteiger partial charge in [-0.1, -0.05) is 24.3 Å². The minimum Gasteiger partial charge on any atom is -0.493 e. The van der Waals surface area contributed by atoms with Gasteiger partial charge in [0.25, 0.3) is 0 Å². The summed E-state index contributed by atoms with van der Waals surface area (Å²) in [6.45, 7) is 6.06. The molecular formula is C23H31NO5. The van der Waals surface area contributed by atoms with Gasteiger partial charge in [-0.3, -0.25) is 0 Å². The largest absolute Gasteiger partial charge is 0.493 e. The first-order chi connectivity index (χ1) is 14.2. The van der Waals surface area contributed by atoms with Gasteiger partial charge in [0.15, 0.2) is 11.5 Å². The van der Waals surface area contributed by atoms with Gasteiger partial charge in [0, 0.05) is 6.54 Å². The van der Waals surface area contributed by atoms with Crippen LogP contribution in [0.2, 0.25) is 0 Å². The Balaban J connectivity index is 1.68. The van der Waals surface area contributed by atoms with E-state index in [4.69, 9.17) is 18.9 Å². The standard InChI is InChI=1S/C23H31NO5/c1-4-12-28-16-19-6-5-7-21(13-19)29-17-20(25)15-24-11-10-18-8-9-22(26-2)23(14-18)27-3/h4-9,13-14,20,24-25H,1,10-12,15-17H2,2-3H3. The van der Waals surface area contributed by atoms with Crippen LogP contribution in [0.15, 0.2) is 55.1 Å². The molecule has 0 saturated heterocycles. The lowest BCUT2D eigenvalue weighted by Gasteiger charge is -2.14. The Morgan fingerprint density at radius 1 is 1.07 bits per heavy atom. The Kier molecular flexibility index (Phi) is 10.1. The van der Waals surface area contributed by atoms with Crippen LogP contribution < -0.4 is 19.5 Å². The van der Waals surface area contributed by atoms with Gasteiger partial charge in [0.05, 0.1) is 27.4 Å². The molecule has 2 aromatic rings. The van der Waals surface area contributed by atoms with Crippen LogP contribution >= 0.6 is 0 Å². The Morgan fingerprint density at radius 2 is 1.90 bits per heavy atom. The van der Waals surface area contributed by atoms with Gasteiger partial charge >= 0.3 is 0 Å². The number of rotatable bonds is 14. The van der Waals surface area contributed by atoms with Crippen molar-refractivity contribution in [2.45, 2.75) is 19.1 Å². The number of methoxy groups -OCH3 is 2. The molecule has 0 radical (unpaired) electrons. The summed E-state index contributed by atoms with van der Waals surface area (Å²) in [6.07, 6.45) is 1.94. The molecular weight excluding hydrogens is 370 g/mol. The minimum atomic E-state index is -0.596. The summed E-state index contributed by atoms with van der Waals surface area (Å²) in [5, 5.41) is 13.4. The lowest BCUT2D eigenvalue weighted by Crippen LogP contribution is -2.32. The first-order valence-electron chi connectivity index (χ1n) is 9.66. The third kappa shape index (κ3) is 8.15. The van der Waals surface area contributed by atoms with E-state index < -0.39 is 6.10 Å². The quantitative estimate of drug-likeness (QED) is 0.375. The van der Waals surface area contributed by atoms with Gasteiger partial charge in [-0.25, -0.2) is 0 Å². The van der Waals surface area contributed by atoms with Gasteiger partial charge in [0.1, 0.15) is 18.5 Å². The second-order valence-corrected chi connectivity index (χ2v) is 6.56. The van der Waals surface area contributed by atoms with Crippen molar-refractivity contribution >= 4 is 0 Å². The van der Waals surface area contributed by atoms with Gasteiger partial charge in [-0.2, -0.15) is 0 Å². The zero-order valence-corrected chi connectivity index (χ0v) is 17.2. The van der Waals surface area contributed by atoms with E-state index in [0.29, 0.717) is 31.3 Å². The second-order valence-electron chi connectivity index (χ2n) is 6.56. The number of aliphatic hydroxyl groups excluding tert-OH is 1. The molecule has 2 rings (SSSR count). The molecule has 0 fully saturated rings. The highest BCUT2D eigenvalue weighted by Crippen LogP contribution is 2.27. The highest BCUT2D eigenvalue weighted by atomic mass is 16.5. The van der Waals surface area contributed by atoms with Gasteiger partial charge in [0.2, 0.25) is 0 Å². The Bertz CT molecular complexity index is 750. The molecule has 1 unspecified atom stereocenters. The molecule has 0 aromatic heterocycles. The van der Waals surface area contributed by atoms with Crippen LogP contribution in [-0.4, -0.2) is 51.7 Å². The highest BCUT2D eigenvalue weighted by Gasteiger charge is 2.07. The average Bonchev–Trinajstić information content (AvgIpc) is 2.75. The lowest BCUT2D eigenvalue weighted by molar-refractivity contribution is 0.106. The van der Waals surface area contributed by atoms with Crippen molar-refractivity contribution in [1.82, 2.24) is 5.32 Å². The Morgan fingerprint density at radius 3 is 2.66 bits per heavy atom. The predicted molar refractivity (Wildman–Crippen MR) is 114 cm³/mol. The smallest absolute Gasteiger partial charge is 0.160 e. The third-order valence-electron chi connectivity index (χ3n) is 4.26. The SMILES string of the molecule is C=CCOCc1cccc(OCC(O)CNCCc2ccc(OC)c(OC)c2)c1. The van der Waals surface area contributed by atoms with Gasteiger partial charge in [-0.15, -0.1) is 6.58 Å². The average molecular weight is 402 g/mol. The molecule has 2 N–H and O–H groups in total. The Labute approximate surface area is 173 Å². The number of benzene rings is 2. The van der Waals surface area contributed by atoms with Crippen molar-refractivity contribution in [3.8, 4) is 17.2 Å². The molecule has 6 heteroatoms. The highest BCUT2D eigenvalue weighted by molar-refractivity contribution is 5.42. The predicted octanol–water partition coefficient (Wildman–Crippen LogP) is 2.98. The molecule has 29 heavy (non-hydrogen) atoms. The van der Waals surface area contributed by atoms with Crippen molar-refractivity contribution in [3.63, 3.8) is 0 Å². The summed E-state index contributed by atoms with van der Waals surface area (Å²) in [5.41, 5.74) is 2.16. The van der Waals surface area contributed by atoms with Crippen molar-refractivity contribution in [1.29, 1.82) is 0 Å². The van der Waals surface area contributed by atoms with Crippen molar-refractivity contribution in [3.05, 3.63) is 66.2 Å². The van der Waals surface area contributed by atoms with Crippen LogP contribution in [0.25, 0.3) is 0 Å². The molecule has 2 aromatic carbocycles. The van der Waals surface area contributed by atoms with Crippen molar-refractivity contribution in [2.75, 3.05) is 40.5 Å². The molecule has 0 heterocycles. The molecule has 0 spiro atoms. The molecule has 0 aliphatic heterocycles. The number of aliphatic hydroxyl groups is 1. The number of ether oxygens (including phenoxy) is 4. The van der Waals surface area contributed by atoms with E-state index in [9.17, 15) is 5.11 Å². The fourth-order valence-electron chi connectivity index (χ4n) is 2.77. The van der Waals surface area contributed by atoms with Crippen LogP contribution in [0.4, 0.5) is 0 Å². The summed E-state index contributed by atoms with van der Waals surface area (Å²) >= 11 is 0. The molecule has 0 bridgehead atoms. The second kappa shape index (κ2) is 12.8. The fourth-order valence-corrected chi connectivity index (χ4v) is 2.77. The first kappa shape index (κ1) is 22.7. The molecule has 0 aliphatic rings. The molecule has 0 saturated carbocycles. The number of nitrogens with one attached hydrogen (secondary N) is 1. The fraction of sp³-hybridized carbons (Fsp3) is 0.391. The van der Waals surface area contributed by atoms with E-state index in [2.05, 4.69) is 11.9 Å². The van der Waals surface area contributed by atoms with Crippen LogP contribution in [0.3, 0.4) is 0 Å². The summed E-state index contributed by atoms with van der Waals surface area (Å²) in [7, 11) is 3.25. The summed E-state index contributed by atoms with van der Waals surface area (Å²) < 4.78 is 21.7. The lowest BCUT2D eigenvalue weighted by atomic mass is 10.1. The normalized spacial score (nSPS) is 11.7. The maximum absolute atomic E-state index is 10.1. The van der Waals surface area contributed by atoms with Gasteiger partial charge in [-0.05, 0) is 48.4 Å². The van der Waals surface area contributed by atoms with E-state index in [0.717, 1.165) is 29.8 Å². The number of hydrogen-bond donors (Lipinski definition) is 2. The summed E-state index contributed by atoms with van der Waals surface area (Å²) in [5.74, 6) is 2.15. The summed E-state index contributed by atoms with van der Waals surface area (Å²) in [6, 6.07) is 13.5. The minimum absolute atomic E-state index is 0.223. The monoisotopic (exact) mass is 401 g/mol. The van der Waals surface area contributed by atoms with Crippen LogP contribution in [0.5, 0.6) is 17.2 Å².